The van der Waals surface area contributed by atoms with Crippen molar-refractivity contribution >= 4 is 29.9 Å². The molecule has 1 aromatic carbocycles. The molecule has 2 atom stereocenters. The van der Waals surface area contributed by atoms with Crippen LogP contribution in [0.4, 0.5) is 0 Å². The Hall–Kier alpha value is -1.18. The van der Waals surface area contributed by atoms with E-state index in [1.807, 2.05) is 31.2 Å². The molecule has 2 unspecified atom stereocenters. The maximum atomic E-state index is 5.93. The molecule has 5 nitrogen and oxygen atoms in total. The van der Waals surface area contributed by atoms with E-state index in [9.17, 15) is 0 Å². The molecule has 0 saturated carbocycles. The van der Waals surface area contributed by atoms with Crippen molar-refractivity contribution in [3.63, 3.8) is 0 Å². The van der Waals surface area contributed by atoms with Crippen LogP contribution in [0.15, 0.2) is 29.3 Å². The smallest absolute Gasteiger partial charge is 0.191 e. The number of nitrogens with one attached hydrogen (secondary N) is 2. The van der Waals surface area contributed by atoms with Gasteiger partial charge in [0.05, 0.1) is 13.7 Å². The average Bonchev–Trinajstić information content (AvgIpc) is 2.53. The van der Waals surface area contributed by atoms with Crippen LogP contribution in [0.25, 0.3) is 0 Å². The van der Waals surface area contributed by atoms with Crippen LogP contribution in [0.1, 0.15) is 34.6 Å². The Labute approximate surface area is 163 Å². The normalized spacial score (nSPS) is 13.7. The fourth-order valence-electron chi connectivity index (χ4n) is 1.89. The van der Waals surface area contributed by atoms with Crippen LogP contribution in [-0.2, 0) is 0 Å². The summed E-state index contributed by atoms with van der Waals surface area (Å²) in [7, 11) is 1.64. The van der Waals surface area contributed by atoms with Gasteiger partial charge in [-0.15, -0.1) is 24.0 Å². The van der Waals surface area contributed by atoms with Crippen molar-refractivity contribution in [3.05, 3.63) is 24.3 Å². The van der Waals surface area contributed by atoms with Crippen molar-refractivity contribution < 1.29 is 9.47 Å². The second kappa shape index (κ2) is 12.2. The summed E-state index contributed by atoms with van der Waals surface area (Å²) in [5, 5.41) is 6.69. The fraction of sp³-hybridized carbons (Fsp3) is 0.611. The topological polar surface area (TPSA) is 54.9 Å². The zero-order valence-corrected chi connectivity index (χ0v) is 18.0. The SMILES string of the molecule is CCNC(=NCC(C)Oc1ccccc1OC)NC(C)C(C)C.I. The predicted octanol–water partition coefficient (Wildman–Crippen LogP) is 3.68. The molecule has 2 N–H and O–H groups in total. The number of para-hydroxylation sites is 2. The highest BCUT2D eigenvalue weighted by Gasteiger charge is 2.11. The van der Waals surface area contributed by atoms with E-state index >= 15 is 0 Å². The molecule has 6 heteroatoms. The minimum absolute atomic E-state index is 0. The van der Waals surface area contributed by atoms with E-state index in [2.05, 4.69) is 43.3 Å². The van der Waals surface area contributed by atoms with E-state index in [-0.39, 0.29) is 30.1 Å². The van der Waals surface area contributed by atoms with Gasteiger partial charge in [0.25, 0.3) is 0 Å². The van der Waals surface area contributed by atoms with Gasteiger partial charge in [-0.2, -0.15) is 0 Å². The largest absolute Gasteiger partial charge is 0.493 e. The van der Waals surface area contributed by atoms with Gasteiger partial charge in [-0.25, -0.2) is 4.99 Å². The minimum atomic E-state index is -0.0453. The molecule has 0 radical (unpaired) electrons. The number of benzene rings is 1. The second-order valence-corrected chi connectivity index (χ2v) is 5.98. The predicted molar refractivity (Wildman–Crippen MR) is 112 cm³/mol. The van der Waals surface area contributed by atoms with E-state index in [4.69, 9.17) is 9.47 Å². The molecule has 138 valence electrons. The van der Waals surface area contributed by atoms with Crippen LogP contribution in [0.2, 0.25) is 0 Å². The molecule has 0 amide bonds. The van der Waals surface area contributed by atoms with Crippen molar-refractivity contribution in [2.24, 2.45) is 10.9 Å². The van der Waals surface area contributed by atoms with Gasteiger partial charge in [0, 0.05) is 12.6 Å². The summed E-state index contributed by atoms with van der Waals surface area (Å²) < 4.78 is 11.2. The number of rotatable bonds is 8. The number of guanidine groups is 1. The van der Waals surface area contributed by atoms with Gasteiger partial charge in [-0.1, -0.05) is 26.0 Å². The molecule has 24 heavy (non-hydrogen) atoms. The summed E-state index contributed by atoms with van der Waals surface area (Å²) in [4.78, 5) is 4.62. The summed E-state index contributed by atoms with van der Waals surface area (Å²) in [5.41, 5.74) is 0. The molecule has 0 aliphatic carbocycles. The maximum absolute atomic E-state index is 5.93. The van der Waals surface area contributed by atoms with Crippen molar-refractivity contribution in [2.45, 2.75) is 46.8 Å². The number of aliphatic imine (C=N–C) groups is 1. The Bertz CT molecular complexity index is 495. The lowest BCUT2D eigenvalue weighted by atomic mass is 10.1. The van der Waals surface area contributed by atoms with Gasteiger partial charge in [0.15, 0.2) is 17.5 Å². The van der Waals surface area contributed by atoms with E-state index in [0.29, 0.717) is 18.5 Å². The number of nitrogens with zero attached hydrogens (tertiary/aromatic N) is 1. The highest BCUT2D eigenvalue weighted by molar-refractivity contribution is 14.0. The van der Waals surface area contributed by atoms with E-state index in [0.717, 1.165) is 24.0 Å². The third kappa shape index (κ3) is 8.08. The van der Waals surface area contributed by atoms with Crippen molar-refractivity contribution in [1.29, 1.82) is 0 Å². The molecule has 0 spiro atoms. The molecule has 0 aromatic heterocycles. The third-order valence-corrected chi connectivity index (χ3v) is 3.61. The molecule has 0 heterocycles. The highest BCUT2D eigenvalue weighted by Crippen LogP contribution is 2.26. The summed E-state index contributed by atoms with van der Waals surface area (Å²) in [6.07, 6.45) is -0.0453. The quantitative estimate of drug-likeness (QED) is 0.361. The van der Waals surface area contributed by atoms with Gasteiger partial charge in [-0.3, -0.25) is 0 Å². The van der Waals surface area contributed by atoms with Crippen molar-refractivity contribution in [3.8, 4) is 11.5 Å². The first kappa shape index (κ1) is 22.8. The Morgan fingerprint density at radius 3 is 2.29 bits per heavy atom. The molecule has 0 fully saturated rings. The van der Waals surface area contributed by atoms with Gasteiger partial charge >= 0.3 is 0 Å². The summed E-state index contributed by atoms with van der Waals surface area (Å²) in [6.45, 7) is 12.0. The van der Waals surface area contributed by atoms with Crippen LogP contribution in [-0.4, -0.2) is 38.3 Å². The summed E-state index contributed by atoms with van der Waals surface area (Å²) in [5.74, 6) is 2.85. The Morgan fingerprint density at radius 1 is 1.12 bits per heavy atom. The molecule has 1 rings (SSSR count). The van der Waals surface area contributed by atoms with Crippen LogP contribution < -0.4 is 20.1 Å². The first-order valence-electron chi connectivity index (χ1n) is 8.32. The van der Waals surface area contributed by atoms with Crippen molar-refractivity contribution in [2.75, 3.05) is 20.2 Å². The summed E-state index contributed by atoms with van der Waals surface area (Å²) >= 11 is 0. The average molecular weight is 449 g/mol. The van der Waals surface area contributed by atoms with Gasteiger partial charge in [-0.05, 0) is 38.8 Å². The zero-order chi connectivity index (χ0) is 17.2. The molecule has 0 aliphatic heterocycles. The number of methoxy groups -OCH3 is 1. The lowest BCUT2D eigenvalue weighted by Gasteiger charge is -2.21. The first-order valence-corrected chi connectivity index (χ1v) is 8.32. The number of hydrogen-bond acceptors (Lipinski definition) is 3. The van der Waals surface area contributed by atoms with Crippen LogP contribution >= 0.6 is 24.0 Å². The first-order chi connectivity index (χ1) is 11.0. The monoisotopic (exact) mass is 449 g/mol. The molecule has 1 aromatic rings. The maximum Gasteiger partial charge on any atom is 0.191 e. The Balaban J connectivity index is 0.00000529. The Morgan fingerprint density at radius 2 is 1.75 bits per heavy atom. The van der Waals surface area contributed by atoms with Crippen LogP contribution in [0.5, 0.6) is 11.5 Å². The fourth-order valence-corrected chi connectivity index (χ4v) is 1.89. The van der Waals surface area contributed by atoms with Gasteiger partial charge < -0.3 is 20.1 Å². The van der Waals surface area contributed by atoms with E-state index in [1.165, 1.54) is 0 Å². The van der Waals surface area contributed by atoms with Gasteiger partial charge in [0.1, 0.15) is 6.10 Å². The zero-order valence-electron chi connectivity index (χ0n) is 15.6. The number of halogens is 1. The molecule has 0 saturated heterocycles. The van der Waals surface area contributed by atoms with Crippen molar-refractivity contribution in [1.82, 2.24) is 10.6 Å². The molecule has 0 bridgehead atoms. The van der Waals surface area contributed by atoms with Crippen LogP contribution in [0, 0.1) is 5.92 Å². The lowest BCUT2D eigenvalue weighted by Crippen LogP contribution is -2.44. The molecular weight excluding hydrogens is 417 g/mol. The number of ether oxygens (including phenoxy) is 2. The van der Waals surface area contributed by atoms with Crippen LogP contribution in [0.3, 0.4) is 0 Å². The lowest BCUT2D eigenvalue weighted by molar-refractivity contribution is 0.219. The number of hydrogen-bond donors (Lipinski definition) is 2. The summed E-state index contributed by atoms with van der Waals surface area (Å²) in [6, 6.07) is 8.02. The standard InChI is InChI=1S/C18H31N3O2.HI/c1-7-19-18(21-15(5)13(2)3)20-12-14(4)23-17-11-9-8-10-16(17)22-6;/h8-11,13-15H,7,12H2,1-6H3,(H2,19,20,21);1H. The van der Waals surface area contributed by atoms with E-state index < -0.39 is 0 Å². The highest BCUT2D eigenvalue weighted by atomic mass is 127. The molecule has 0 aliphatic rings. The second-order valence-electron chi connectivity index (χ2n) is 5.98. The third-order valence-electron chi connectivity index (χ3n) is 3.61. The van der Waals surface area contributed by atoms with E-state index in [1.54, 1.807) is 7.11 Å². The van der Waals surface area contributed by atoms with Gasteiger partial charge in [0.2, 0.25) is 0 Å². The molecular formula is C18H32IN3O2. The Kier molecular flexibility index (Phi) is 11.6. The minimum Gasteiger partial charge on any atom is -0.493 e.